The Morgan fingerprint density at radius 2 is 1.69 bits per heavy atom. The van der Waals surface area contributed by atoms with Gasteiger partial charge in [-0.15, -0.1) is 11.3 Å². The average molecular weight is 403 g/mol. The van der Waals surface area contributed by atoms with Gasteiger partial charge in [0.1, 0.15) is 10.8 Å². The van der Waals surface area contributed by atoms with Gasteiger partial charge < -0.3 is 10.1 Å². The van der Waals surface area contributed by atoms with E-state index in [-0.39, 0.29) is 12.5 Å². The Hall–Kier alpha value is -3.18. The van der Waals surface area contributed by atoms with E-state index in [9.17, 15) is 4.79 Å². The van der Waals surface area contributed by atoms with Crippen molar-refractivity contribution in [1.29, 1.82) is 0 Å². The van der Waals surface area contributed by atoms with Gasteiger partial charge in [0.25, 0.3) is 5.91 Å². The van der Waals surface area contributed by atoms with Gasteiger partial charge in [0, 0.05) is 12.1 Å². The monoisotopic (exact) mass is 402 g/mol. The third kappa shape index (κ3) is 4.81. The van der Waals surface area contributed by atoms with Crippen molar-refractivity contribution in [3.8, 4) is 16.3 Å². The maximum Gasteiger partial charge on any atom is 0.258 e. The standard InChI is InChI=1S/C24H22N2O2S/c1-2-17-9-13-20(14-10-17)28-16-23(27)25-15-18-7-11-19(12-8-18)24-26-21-5-3-4-6-22(21)29-24/h3-14H,2,15-16H2,1H3,(H,25,27). The van der Waals surface area contributed by atoms with Gasteiger partial charge in [-0.2, -0.15) is 0 Å². The van der Waals surface area contributed by atoms with E-state index in [0.717, 1.165) is 28.1 Å². The third-order valence-electron chi connectivity index (χ3n) is 4.69. The number of fused-ring (bicyclic) bond motifs is 1. The lowest BCUT2D eigenvalue weighted by Gasteiger charge is -2.08. The lowest BCUT2D eigenvalue weighted by molar-refractivity contribution is -0.123. The molecule has 0 aliphatic carbocycles. The number of nitrogens with one attached hydrogen (secondary N) is 1. The van der Waals surface area contributed by atoms with Crippen LogP contribution in [0.15, 0.2) is 72.8 Å². The van der Waals surface area contributed by atoms with Gasteiger partial charge in [0.05, 0.1) is 10.2 Å². The zero-order chi connectivity index (χ0) is 20.1. The smallest absolute Gasteiger partial charge is 0.258 e. The van der Waals surface area contributed by atoms with E-state index in [4.69, 9.17) is 4.74 Å². The molecule has 29 heavy (non-hydrogen) atoms. The van der Waals surface area contributed by atoms with E-state index in [1.807, 2.05) is 66.7 Å². The molecule has 1 N–H and O–H groups in total. The number of rotatable bonds is 7. The molecule has 4 nitrogen and oxygen atoms in total. The predicted octanol–water partition coefficient (Wildman–Crippen LogP) is 5.22. The van der Waals surface area contributed by atoms with E-state index < -0.39 is 0 Å². The SMILES string of the molecule is CCc1ccc(OCC(=O)NCc2ccc(-c3nc4ccccc4s3)cc2)cc1. The number of thiazole rings is 1. The molecule has 1 heterocycles. The summed E-state index contributed by atoms with van der Waals surface area (Å²) >= 11 is 1.68. The fourth-order valence-electron chi connectivity index (χ4n) is 2.98. The highest BCUT2D eigenvalue weighted by Crippen LogP contribution is 2.29. The molecule has 0 saturated carbocycles. The number of ether oxygens (including phenoxy) is 1. The molecule has 3 aromatic carbocycles. The van der Waals surface area contributed by atoms with E-state index in [0.29, 0.717) is 12.3 Å². The van der Waals surface area contributed by atoms with Crippen LogP contribution in [0, 0.1) is 0 Å². The van der Waals surface area contributed by atoms with E-state index >= 15 is 0 Å². The Morgan fingerprint density at radius 1 is 0.966 bits per heavy atom. The number of aromatic nitrogens is 1. The van der Waals surface area contributed by atoms with Crippen LogP contribution in [0.25, 0.3) is 20.8 Å². The molecule has 0 aliphatic heterocycles. The zero-order valence-electron chi connectivity index (χ0n) is 16.2. The molecule has 0 saturated heterocycles. The molecule has 0 radical (unpaired) electrons. The normalized spacial score (nSPS) is 10.8. The molecule has 0 fully saturated rings. The Kier molecular flexibility index (Phi) is 5.86. The van der Waals surface area contributed by atoms with Crippen molar-refractivity contribution < 1.29 is 9.53 Å². The number of hydrogen-bond acceptors (Lipinski definition) is 4. The molecule has 5 heteroatoms. The quantitative estimate of drug-likeness (QED) is 0.461. The number of nitrogens with zero attached hydrogens (tertiary/aromatic N) is 1. The fraction of sp³-hybridized carbons (Fsp3) is 0.167. The second-order valence-electron chi connectivity index (χ2n) is 6.75. The number of aryl methyl sites for hydroxylation is 1. The summed E-state index contributed by atoms with van der Waals surface area (Å²) in [7, 11) is 0. The largest absolute Gasteiger partial charge is 0.484 e. The van der Waals surface area contributed by atoms with Crippen molar-refractivity contribution in [1.82, 2.24) is 10.3 Å². The molecule has 0 aliphatic rings. The number of carbonyl (C=O) groups excluding carboxylic acids is 1. The van der Waals surface area contributed by atoms with Crippen molar-refractivity contribution in [2.45, 2.75) is 19.9 Å². The first-order chi connectivity index (χ1) is 14.2. The van der Waals surface area contributed by atoms with Crippen molar-refractivity contribution >= 4 is 27.5 Å². The van der Waals surface area contributed by atoms with Crippen LogP contribution in [0.3, 0.4) is 0 Å². The van der Waals surface area contributed by atoms with Gasteiger partial charge in [-0.25, -0.2) is 4.98 Å². The summed E-state index contributed by atoms with van der Waals surface area (Å²) < 4.78 is 6.73. The van der Waals surface area contributed by atoms with E-state index in [1.165, 1.54) is 10.3 Å². The summed E-state index contributed by atoms with van der Waals surface area (Å²) in [5.41, 5.74) is 4.39. The third-order valence-corrected chi connectivity index (χ3v) is 5.77. The topological polar surface area (TPSA) is 51.2 Å². The van der Waals surface area contributed by atoms with Gasteiger partial charge in [0.2, 0.25) is 0 Å². The van der Waals surface area contributed by atoms with Gasteiger partial charge in [-0.1, -0.05) is 55.5 Å². The number of hydrogen-bond donors (Lipinski definition) is 1. The first-order valence-corrected chi connectivity index (χ1v) is 10.5. The molecule has 0 bridgehead atoms. The van der Waals surface area contributed by atoms with Crippen molar-refractivity contribution in [2.75, 3.05) is 6.61 Å². The minimum atomic E-state index is -0.139. The second kappa shape index (κ2) is 8.88. The van der Waals surface area contributed by atoms with Crippen LogP contribution in [0.2, 0.25) is 0 Å². The van der Waals surface area contributed by atoms with Crippen LogP contribution in [0.4, 0.5) is 0 Å². The van der Waals surface area contributed by atoms with Gasteiger partial charge in [0.15, 0.2) is 6.61 Å². The molecule has 1 aromatic heterocycles. The molecule has 1 amide bonds. The molecule has 0 spiro atoms. The highest BCUT2D eigenvalue weighted by Gasteiger charge is 2.07. The number of para-hydroxylation sites is 1. The summed E-state index contributed by atoms with van der Waals surface area (Å²) in [6.07, 6.45) is 0.985. The van der Waals surface area contributed by atoms with Crippen molar-refractivity contribution in [3.05, 3.63) is 83.9 Å². The van der Waals surface area contributed by atoms with E-state index in [1.54, 1.807) is 11.3 Å². The van der Waals surface area contributed by atoms with Gasteiger partial charge in [-0.3, -0.25) is 4.79 Å². The first-order valence-electron chi connectivity index (χ1n) is 9.64. The van der Waals surface area contributed by atoms with Crippen LogP contribution in [0.5, 0.6) is 5.75 Å². The summed E-state index contributed by atoms with van der Waals surface area (Å²) in [4.78, 5) is 16.7. The Labute approximate surface area is 174 Å². The summed E-state index contributed by atoms with van der Waals surface area (Å²) in [6.45, 7) is 2.58. The molecule has 0 atom stereocenters. The van der Waals surface area contributed by atoms with Gasteiger partial charge in [-0.05, 0) is 41.8 Å². The minimum Gasteiger partial charge on any atom is -0.484 e. The fourth-order valence-corrected chi connectivity index (χ4v) is 3.95. The van der Waals surface area contributed by atoms with Crippen molar-refractivity contribution in [3.63, 3.8) is 0 Å². The maximum atomic E-state index is 12.1. The molecule has 146 valence electrons. The number of amides is 1. The second-order valence-corrected chi connectivity index (χ2v) is 7.78. The van der Waals surface area contributed by atoms with Crippen molar-refractivity contribution in [2.24, 2.45) is 0 Å². The van der Waals surface area contributed by atoms with Crippen LogP contribution < -0.4 is 10.1 Å². The van der Waals surface area contributed by atoms with Gasteiger partial charge >= 0.3 is 0 Å². The molecule has 4 aromatic rings. The molecular weight excluding hydrogens is 380 g/mol. The Balaban J connectivity index is 1.29. The average Bonchev–Trinajstić information content (AvgIpc) is 3.21. The highest BCUT2D eigenvalue weighted by atomic mass is 32.1. The Morgan fingerprint density at radius 3 is 2.41 bits per heavy atom. The highest BCUT2D eigenvalue weighted by molar-refractivity contribution is 7.21. The number of benzene rings is 3. The lowest BCUT2D eigenvalue weighted by atomic mass is 10.1. The molecular formula is C24H22N2O2S. The summed E-state index contributed by atoms with van der Waals surface area (Å²) in [5, 5.41) is 3.90. The summed E-state index contributed by atoms with van der Waals surface area (Å²) in [5.74, 6) is 0.567. The van der Waals surface area contributed by atoms with Crippen LogP contribution in [-0.2, 0) is 17.8 Å². The lowest BCUT2D eigenvalue weighted by Crippen LogP contribution is -2.28. The number of carbonyl (C=O) groups is 1. The molecule has 0 unspecified atom stereocenters. The summed E-state index contributed by atoms with van der Waals surface area (Å²) in [6, 6.07) is 24.1. The zero-order valence-corrected chi connectivity index (χ0v) is 17.0. The van der Waals surface area contributed by atoms with E-state index in [2.05, 4.69) is 23.3 Å². The molecule has 4 rings (SSSR count). The first kappa shape index (κ1) is 19.2. The van der Waals surface area contributed by atoms with Crippen LogP contribution >= 0.6 is 11.3 Å². The maximum absolute atomic E-state index is 12.1. The minimum absolute atomic E-state index is 0.00919. The Bertz CT molecular complexity index is 1070. The predicted molar refractivity (Wildman–Crippen MR) is 118 cm³/mol. The van der Waals surface area contributed by atoms with Crippen LogP contribution in [-0.4, -0.2) is 17.5 Å². The van der Waals surface area contributed by atoms with Crippen LogP contribution in [0.1, 0.15) is 18.1 Å².